The lowest BCUT2D eigenvalue weighted by Crippen LogP contribution is -1.95. The van der Waals surface area contributed by atoms with E-state index in [0.29, 0.717) is 16.3 Å². The van der Waals surface area contributed by atoms with Gasteiger partial charge >= 0.3 is 0 Å². The zero-order valence-corrected chi connectivity index (χ0v) is 10.2. The van der Waals surface area contributed by atoms with Gasteiger partial charge in [0.25, 0.3) is 0 Å². The molecule has 7 nitrogen and oxygen atoms in total. The number of H-pyrrole nitrogens is 1. The molecule has 1 heterocycles. The summed E-state index contributed by atoms with van der Waals surface area (Å²) in [6, 6.07) is 8.72. The van der Waals surface area contributed by atoms with Gasteiger partial charge in [-0.25, -0.2) is 0 Å². The molecule has 0 saturated carbocycles. The number of allylic oxidation sites excluding steroid dienone is 1. The molecule has 0 bridgehead atoms. The summed E-state index contributed by atoms with van der Waals surface area (Å²) in [5.41, 5.74) is 1.08. The second-order valence-corrected chi connectivity index (χ2v) is 3.79. The molecule has 0 fully saturated rings. The van der Waals surface area contributed by atoms with Gasteiger partial charge < -0.3 is 5.32 Å². The van der Waals surface area contributed by atoms with Crippen molar-refractivity contribution in [2.75, 3.05) is 5.32 Å². The van der Waals surface area contributed by atoms with E-state index < -0.39 is 0 Å². The number of nitrogens with zero attached hydrogens (tertiary/aromatic N) is 5. The topological polar surface area (TPSA) is 114 Å². The lowest BCUT2D eigenvalue weighted by atomic mass is 10.2. The van der Waals surface area contributed by atoms with E-state index in [2.05, 4.69) is 25.9 Å². The lowest BCUT2D eigenvalue weighted by molar-refractivity contribution is 0.881. The van der Waals surface area contributed by atoms with E-state index in [-0.39, 0.29) is 11.4 Å². The van der Waals surface area contributed by atoms with Crippen LogP contribution in [0.15, 0.2) is 24.4 Å². The van der Waals surface area contributed by atoms with Crippen molar-refractivity contribution in [2.45, 2.75) is 0 Å². The standard InChI is InChI=1S/C11H6ClN7/c12-9-2-1-7(4-13)10(3-9)15-6-8(5-14)11-16-18-19-17-11/h1-3,6,15H,(H,16,17,18,19). The van der Waals surface area contributed by atoms with Gasteiger partial charge in [0, 0.05) is 11.2 Å². The summed E-state index contributed by atoms with van der Waals surface area (Å²) in [5.74, 6) is 0.163. The molecule has 8 heteroatoms. The molecule has 0 unspecified atom stereocenters. The van der Waals surface area contributed by atoms with Crippen LogP contribution in [-0.2, 0) is 0 Å². The van der Waals surface area contributed by atoms with Crippen LogP contribution < -0.4 is 5.32 Å². The zero-order valence-electron chi connectivity index (χ0n) is 9.42. The van der Waals surface area contributed by atoms with Crippen LogP contribution in [0.2, 0.25) is 5.02 Å². The van der Waals surface area contributed by atoms with Crippen molar-refractivity contribution in [2.24, 2.45) is 0 Å². The van der Waals surface area contributed by atoms with Crippen molar-refractivity contribution in [3.63, 3.8) is 0 Å². The van der Waals surface area contributed by atoms with Crippen molar-refractivity contribution < 1.29 is 0 Å². The highest BCUT2D eigenvalue weighted by Gasteiger charge is 2.06. The van der Waals surface area contributed by atoms with E-state index in [0.717, 1.165) is 0 Å². The third kappa shape index (κ3) is 2.86. The van der Waals surface area contributed by atoms with Crippen LogP contribution in [0.5, 0.6) is 0 Å². The van der Waals surface area contributed by atoms with Crippen molar-refractivity contribution in [1.82, 2.24) is 20.6 Å². The molecule has 2 N–H and O–H groups in total. The maximum Gasteiger partial charge on any atom is 0.216 e. The minimum atomic E-state index is 0.163. The van der Waals surface area contributed by atoms with Gasteiger partial charge in [-0.1, -0.05) is 11.6 Å². The second-order valence-electron chi connectivity index (χ2n) is 3.35. The summed E-state index contributed by atoms with van der Waals surface area (Å²) in [6.07, 6.45) is 1.39. The largest absolute Gasteiger partial charge is 0.359 e. The molecule has 1 aromatic carbocycles. The Balaban J connectivity index is 2.30. The fourth-order valence-corrected chi connectivity index (χ4v) is 1.48. The molecule has 0 aliphatic carbocycles. The van der Waals surface area contributed by atoms with E-state index in [1.807, 2.05) is 12.1 Å². The van der Waals surface area contributed by atoms with Crippen LogP contribution in [-0.4, -0.2) is 20.6 Å². The summed E-state index contributed by atoms with van der Waals surface area (Å²) in [6.45, 7) is 0. The van der Waals surface area contributed by atoms with Gasteiger partial charge in [-0.05, 0) is 23.4 Å². The van der Waals surface area contributed by atoms with Crippen molar-refractivity contribution in [1.29, 1.82) is 10.5 Å². The normalized spacial score (nSPS) is 10.6. The molecule has 1 aromatic heterocycles. The number of nitrogens with one attached hydrogen (secondary N) is 2. The van der Waals surface area contributed by atoms with E-state index in [1.54, 1.807) is 18.2 Å². The smallest absolute Gasteiger partial charge is 0.216 e. The predicted molar refractivity (Wildman–Crippen MR) is 67.6 cm³/mol. The molecule has 2 aromatic rings. The van der Waals surface area contributed by atoms with Gasteiger partial charge in [-0.15, -0.1) is 10.2 Å². The molecule has 92 valence electrons. The molecule has 0 aliphatic heterocycles. The van der Waals surface area contributed by atoms with E-state index in [4.69, 9.17) is 22.1 Å². The van der Waals surface area contributed by atoms with Gasteiger partial charge in [0.05, 0.1) is 11.3 Å². The first-order valence-corrected chi connectivity index (χ1v) is 5.42. The monoisotopic (exact) mass is 271 g/mol. The summed E-state index contributed by atoms with van der Waals surface area (Å²) >= 11 is 5.85. The van der Waals surface area contributed by atoms with E-state index in [1.165, 1.54) is 6.20 Å². The first-order valence-electron chi connectivity index (χ1n) is 5.05. The highest BCUT2D eigenvalue weighted by molar-refractivity contribution is 6.30. The molecular weight excluding hydrogens is 266 g/mol. The number of rotatable bonds is 3. The number of hydrogen-bond donors (Lipinski definition) is 2. The fourth-order valence-electron chi connectivity index (χ4n) is 1.31. The van der Waals surface area contributed by atoms with Crippen LogP contribution in [0.3, 0.4) is 0 Å². The molecule has 2 rings (SSSR count). The molecule has 0 spiro atoms. The van der Waals surface area contributed by atoms with Crippen LogP contribution in [0, 0.1) is 22.7 Å². The number of aromatic nitrogens is 4. The number of nitriles is 2. The Bertz CT molecular complexity index is 691. The first kappa shape index (κ1) is 12.6. The van der Waals surface area contributed by atoms with Gasteiger partial charge in [0.2, 0.25) is 5.82 Å². The summed E-state index contributed by atoms with van der Waals surface area (Å²) < 4.78 is 0. The minimum Gasteiger partial charge on any atom is -0.359 e. The molecule has 0 atom stereocenters. The van der Waals surface area contributed by atoms with E-state index in [9.17, 15) is 0 Å². The fraction of sp³-hybridized carbons (Fsp3) is 0. The number of aromatic amines is 1. The molecule has 0 saturated heterocycles. The maximum atomic E-state index is 8.99. The van der Waals surface area contributed by atoms with Crippen LogP contribution in [0.4, 0.5) is 5.69 Å². The van der Waals surface area contributed by atoms with Gasteiger partial charge in [0.1, 0.15) is 17.7 Å². The Morgan fingerprint density at radius 2 is 2.26 bits per heavy atom. The van der Waals surface area contributed by atoms with E-state index >= 15 is 0 Å². The molecule has 0 radical (unpaired) electrons. The van der Waals surface area contributed by atoms with Crippen molar-refractivity contribution in [3.05, 3.63) is 40.8 Å². The zero-order chi connectivity index (χ0) is 13.7. The third-order valence-electron chi connectivity index (χ3n) is 2.18. The molecule has 19 heavy (non-hydrogen) atoms. The minimum absolute atomic E-state index is 0.163. The summed E-state index contributed by atoms with van der Waals surface area (Å²) in [4.78, 5) is 0. The Morgan fingerprint density at radius 1 is 1.42 bits per heavy atom. The number of hydrogen-bond acceptors (Lipinski definition) is 6. The second kappa shape index (κ2) is 5.63. The number of halogens is 1. The lowest BCUT2D eigenvalue weighted by Gasteiger charge is -2.04. The number of benzene rings is 1. The molecule has 0 aliphatic rings. The quantitative estimate of drug-likeness (QED) is 0.821. The predicted octanol–water partition coefficient (Wildman–Crippen LogP) is 1.70. The highest BCUT2D eigenvalue weighted by Crippen LogP contribution is 2.21. The number of tetrazole rings is 1. The SMILES string of the molecule is N#CC(=CNc1cc(Cl)ccc1C#N)c1nn[nH]n1. The Kier molecular flexibility index (Phi) is 3.72. The van der Waals surface area contributed by atoms with Gasteiger partial charge in [-0.2, -0.15) is 15.7 Å². The number of anilines is 1. The summed E-state index contributed by atoms with van der Waals surface area (Å²) in [7, 11) is 0. The average Bonchev–Trinajstić information content (AvgIpc) is 2.94. The van der Waals surface area contributed by atoms with Crippen LogP contribution in [0.25, 0.3) is 5.57 Å². The average molecular weight is 272 g/mol. The van der Waals surface area contributed by atoms with Crippen molar-refractivity contribution >= 4 is 22.9 Å². The van der Waals surface area contributed by atoms with Crippen molar-refractivity contribution in [3.8, 4) is 12.1 Å². The Morgan fingerprint density at radius 3 is 2.89 bits per heavy atom. The maximum absolute atomic E-state index is 8.99. The van der Waals surface area contributed by atoms with Crippen LogP contribution >= 0.6 is 11.6 Å². The third-order valence-corrected chi connectivity index (χ3v) is 2.42. The van der Waals surface area contributed by atoms with Gasteiger partial charge in [-0.3, -0.25) is 0 Å². The molecular formula is C11H6ClN7. The Labute approximate surface area is 113 Å². The molecule has 0 amide bonds. The highest BCUT2D eigenvalue weighted by atomic mass is 35.5. The summed E-state index contributed by atoms with van der Waals surface area (Å²) in [5, 5.41) is 34.3. The first-order chi connectivity index (χ1) is 9.24. The van der Waals surface area contributed by atoms with Crippen LogP contribution in [0.1, 0.15) is 11.4 Å². The van der Waals surface area contributed by atoms with Gasteiger partial charge in [0.15, 0.2) is 0 Å². The Hall–Kier alpha value is -2.90.